The van der Waals surface area contributed by atoms with Crippen LogP contribution in [0, 0.1) is 11.8 Å². The molecule has 0 saturated carbocycles. The number of carbonyl (C=O) groups is 2. The number of hydrogen-bond donors (Lipinski definition) is 3. The highest BCUT2D eigenvalue weighted by atomic mass is 16.5. The number of anilines is 2. The molecule has 6 nitrogen and oxygen atoms in total. The molecule has 5 rings (SSSR count). The molecule has 0 spiro atoms. The van der Waals surface area contributed by atoms with Gasteiger partial charge in [-0.2, -0.15) is 0 Å². The Morgan fingerprint density at radius 1 is 1.07 bits per heavy atom. The molecular weight excluding hydrogens is 378 g/mol. The first-order chi connectivity index (χ1) is 14.6. The van der Waals surface area contributed by atoms with Crippen LogP contribution in [-0.4, -0.2) is 23.8 Å². The maximum atomic E-state index is 13.7. The van der Waals surface area contributed by atoms with E-state index in [0.29, 0.717) is 12.0 Å². The number of rotatable bonds is 2. The number of fused-ring (bicyclic) bond motifs is 2. The zero-order valence-corrected chi connectivity index (χ0v) is 16.9. The molecule has 6 heteroatoms. The van der Waals surface area contributed by atoms with Crippen LogP contribution in [0.1, 0.15) is 24.9 Å². The fourth-order valence-electron chi connectivity index (χ4n) is 4.70. The third-order valence-corrected chi connectivity index (χ3v) is 6.16. The summed E-state index contributed by atoms with van der Waals surface area (Å²) in [7, 11) is 1.34. The van der Waals surface area contributed by atoms with Crippen LogP contribution < -0.4 is 10.6 Å². The highest BCUT2D eigenvalue weighted by Gasteiger charge is 2.44. The Morgan fingerprint density at radius 2 is 1.80 bits per heavy atom. The predicted molar refractivity (Wildman–Crippen MR) is 116 cm³/mol. The van der Waals surface area contributed by atoms with Crippen LogP contribution in [0.3, 0.4) is 0 Å². The summed E-state index contributed by atoms with van der Waals surface area (Å²) in [6.45, 7) is 1.93. The minimum absolute atomic E-state index is 0.148. The second-order valence-corrected chi connectivity index (χ2v) is 7.98. The van der Waals surface area contributed by atoms with Crippen LogP contribution in [0.2, 0.25) is 0 Å². The van der Waals surface area contributed by atoms with Crippen molar-refractivity contribution in [1.82, 2.24) is 4.98 Å². The maximum absolute atomic E-state index is 13.7. The summed E-state index contributed by atoms with van der Waals surface area (Å²) in [5, 5.41) is 8.08. The van der Waals surface area contributed by atoms with Crippen LogP contribution in [0.15, 0.2) is 66.0 Å². The average molecular weight is 401 g/mol. The van der Waals surface area contributed by atoms with Crippen molar-refractivity contribution >= 4 is 34.0 Å². The van der Waals surface area contributed by atoms with Gasteiger partial charge in [0, 0.05) is 33.9 Å². The van der Waals surface area contributed by atoms with Gasteiger partial charge in [0.25, 0.3) is 0 Å². The molecular formula is C24H23N3O3. The van der Waals surface area contributed by atoms with E-state index in [9.17, 15) is 9.59 Å². The quantitative estimate of drug-likeness (QED) is 0.438. The smallest absolute Gasteiger partial charge is 0.316 e. The van der Waals surface area contributed by atoms with Gasteiger partial charge in [0.2, 0.25) is 0 Å². The molecule has 3 aromatic rings. The number of methoxy groups -OCH3 is 1. The molecule has 0 saturated heterocycles. The molecule has 30 heavy (non-hydrogen) atoms. The number of esters is 1. The third kappa shape index (κ3) is 2.79. The Morgan fingerprint density at radius 3 is 2.60 bits per heavy atom. The Bertz CT molecular complexity index is 1190. The number of ether oxygens (including phenoxy) is 1. The third-order valence-electron chi connectivity index (χ3n) is 6.16. The van der Waals surface area contributed by atoms with E-state index in [4.69, 9.17) is 4.74 Å². The lowest BCUT2D eigenvalue weighted by Gasteiger charge is -2.32. The van der Waals surface area contributed by atoms with Gasteiger partial charge in [-0.3, -0.25) is 9.59 Å². The number of allylic oxidation sites excluding steroid dienone is 1. The lowest BCUT2D eigenvalue weighted by atomic mass is 9.75. The average Bonchev–Trinajstić information content (AvgIpc) is 3.10. The van der Waals surface area contributed by atoms with Gasteiger partial charge in [0.15, 0.2) is 5.78 Å². The summed E-state index contributed by atoms with van der Waals surface area (Å²) < 4.78 is 4.97. The molecule has 0 radical (unpaired) electrons. The van der Waals surface area contributed by atoms with Crippen molar-refractivity contribution in [3.05, 3.63) is 71.6 Å². The van der Waals surface area contributed by atoms with Gasteiger partial charge in [-0.15, -0.1) is 0 Å². The maximum Gasteiger partial charge on any atom is 0.316 e. The summed E-state index contributed by atoms with van der Waals surface area (Å²) in [6, 6.07) is 15.5. The number of aromatic nitrogens is 1. The van der Waals surface area contributed by atoms with Gasteiger partial charge >= 0.3 is 5.97 Å². The fraction of sp³-hybridized carbons (Fsp3) is 0.250. The molecule has 152 valence electrons. The van der Waals surface area contributed by atoms with E-state index in [1.165, 1.54) is 7.11 Å². The van der Waals surface area contributed by atoms with Crippen molar-refractivity contribution < 1.29 is 14.3 Å². The first-order valence-electron chi connectivity index (χ1n) is 10.1. The van der Waals surface area contributed by atoms with Gasteiger partial charge in [-0.25, -0.2) is 0 Å². The standard InChI is InChI=1S/C24H23N3O3/c1-13-11-19-21(23(28)20(13)24(29)30-2)22(27-18-10-6-5-9-17(18)26-19)15-12-25-16-8-4-3-7-14(15)16/h3-10,12-13,20,22,25-27H,11H2,1-2H3/t13-,20-,22+/m0/s1. The SMILES string of the molecule is COC(=O)[C@@H]1C(=O)C2=C(C[C@@H]1C)Nc1ccccc1N[C@@H]2c1c[nH]c2ccccc12. The van der Waals surface area contributed by atoms with Crippen LogP contribution in [0.25, 0.3) is 10.9 Å². The first kappa shape index (κ1) is 18.5. The number of nitrogens with one attached hydrogen (secondary N) is 3. The monoisotopic (exact) mass is 401 g/mol. The van der Waals surface area contributed by atoms with Crippen molar-refractivity contribution in [2.75, 3.05) is 17.7 Å². The number of carbonyl (C=O) groups excluding carboxylic acids is 2. The van der Waals surface area contributed by atoms with E-state index in [0.717, 1.165) is 33.5 Å². The summed E-state index contributed by atoms with van der Waals surface area (Å²) in [4.78, 5) is 29.4. The molecule has 1 aromatic heterocycles. The Labute approximate surface area is 174 Å². The van der Waals surface area contributed by atoms with Crippen LogP contribution in [0.4, 0.5) is 11.4 Å². The minimum atomic E-state index is -0.800. The molecule has 0 bridgehead atoms. The highest BCUT2D eigenvalue weighted by Crippen LogP contribution is 2.44. The van der Waals surface area contributed by atoms with Gasteiger partial charge in [0.1, 0.15) is 5.92 Å². The van der Waals surface area contributed by atoms with Crippen molar-refractivity contribution in [3.63, 3.8) is 0 Å². The van der Waals surface area contributed by atoms with Crippen LogP contribution >= 0.6 is 0 Å². The fourth-order valence-corrected chi connectivity index (χ4v) is 4.70. The van der Waals surface area contributed by atoms with Crippen molar-refractivity contribution in [1.29, 1.82) is 0 Å². The van der Waals surface area contributed by atoms with Crippen LogP contribution in [-0.2, 0) is 14.3 Å². The van der Waals surface area contributed by atoms with E-state index in [-0.39, 0.29) is 17.7 Å². The number of Topliss-reactive ketones (excluding diaryl/α,β-unsaturated/α-hetero) is 1. The van der Waals surface area contributed by atoms with Crippen LogP contribution in [0.5, 0.6) is 0 Å². The second kappa shape index (κ2) is 7.06. The molecule has 2 aliphatic rings. The van der Waals surface area contributed by atoms with E-state index in [2.05, 4.69) is 15.6 Å². The molecule has 1 aliphatic heterocycles. The molecule has 3 atom stereocenters. The number of aromatic amines is 1. The van der Waals surface area contributed by atoms with E-state index < -0.39 is 11.9 Å². The van der Waals surface area contributed by atoms with Crippen molar-refractivity contribution in [2.45, 2.75) is 19.4 Å². The minimum Gasteiger partial charge on any atom is -0.468 e. The normalized spacial score (nSPS) is 23.1. The van der Waals surface area contributed by atoms with Gasteiger partial charge in [0.05, 0.1) is 24.5 Å². The van der Waals surface area contributed by atoms with E-state index >= 15 is 0 Å². The predicted octanol–water partition coefficient (Wildman–Crippen LogP) is 4.40. The Hall–Kier alpha value is -3.54. The largest absolute Gasteiger partial charge is 0.468 e. The molecule has 0 unspecified atom stereocenters. The molecule has 0 amide bonds. The number of hydrogen-bond acceptors (Lipinski definition) is 5. The molecule has 0 fully saturated rings. The Balaban J connectivity index is 1.71. The molecule has 2 aromatic carbocycles. The highest BCUT2D eigenvalue weighted by molar-refractivity contribution is 6.11. The number of benzene rings is 2. The number of H-pyrrole nitrogens is 1. The number of para-hydroxylation sites is 3. The second-order valence-electron chi connectivity index (χ2n) is 7.98. The topological polar surface area (TPSA) is 83.2 Å². The molecule has 2 heterocycles. The number of ketones is 1. The van der Waals surface area contributed by atoms with Crippen molar-refractivity contribution in [3.8, 4) is 0 Å². The lowest BCUT2D eigenvalue weighted by molar-refractivity contribution is -0.151. The first-order valence-corrected chi connectivity index (χ1v) is 10.1. The zero-order valence-electron chi connectivity index (χ0n) is 16.9. The van der Waals surface area contributed by atoms with Crippen molar-refractivity contribution in [2.24, 2.45) is 11.8 Å². The van der Waals surface area contributed by atoms with Gasteiger partial charge in [-0.05, 0) is 30.5 Å². The summed E-state index contributed by atoms with van der Waals surface area (Å²) in [6.07, 6.45) is 2.54. The summed E-state index contributed by atoms with van der Waals surface area (Å²) in [5.74, 6) is -1.60. The van der Waals surface area contributed by atoms with E-state index in [1.54, 1.807) is 0 Å². The van der Waals surface area contributed by atoms with Gasteiger partial charge in [-0.1, -0.05) is 37.3 Å². The zero-order chi connectivity index (χ0) is 20.8. The Kier molecular flexibility index (Phi) is 4.35. The lowest BCUT2D eigenvalue weighted by Crippen LogP contribution is -2.39. The molecule has 3 N–H and O–H groups in total. The molecule has 1 aliphatic carbocycles. The summed E-state index contributed by atoms with van der Waals surface area (Å²) in [5.41, 5.74) is 5.28. The summed E-state index contributed by atoms with van der Waals surface area (Å²) >= 11 is 0. The van der Waals surface area contributed by atoms with Gasteiger partial charge < -0.3 is 20.4 Å². The van der Waals surface area contributed by atoms with E-state index in [1.807, 2.05) is 61.7 Å².